The topological polar surface area (TPSA) is 32.3 Å². The van der Waals surface area contributed by atoms with Gasteiger partial charge in [-0.15, -0.1) is 6.42 Å². The van der Waals surface area contributed by atoms with Gasteiger partial charge in [-0.2, -0.15) is 0 Å². The Morgan fingerprint density at radius 3 is 2.63 bits per heavy atom. The van der Waals surface area contributed by atoms with Crippen molar-refractivity contribution in [2.75, 3.05) is 20.1 Å². The molecule has 1 amide bonds. The van der Waals surface area contributed by atoms with Gasteiger partial charge in [-0.3, -0.25) is 9.69 Å². The molecule has 0 bridgehead atoms. The zero-order chi connectivity index (χ0) is 14.3. The van der Waals surface area contributed by atoms with Crippen molar-refractivity contribution in [2.45, 2.75) is 39.2 Å². The molecule has 2 unspecified atom stereocenters. The fourth-order valence-corrected chi connectivity index (χ4v) is 2.74. The minimum absolute atomic E-state index is 0.0136. The van der Waals surface area contributed by atoms with Crippen LogP contribution < -0.4 is 5.32 Å². The molecule has 0 aromatic heterocycles. The van der Waals surface area contributed by atoms with Gasteiger partial charge in [0.25, 0.3) is 0 Å². The molecular formula is C16H26N2O. The van der Waals surface area contributed by atoms with Crippen molar-refractivity contribution in [1.82, 2.24) is 10.2 Å². The van der Waals surface area contributed by atoms with Crippen LogP contribution in [-0.2, 0) is 4.79 Å². The second kappa shape index (κ2) is 8.01. The quantitative estimate of drug-likeness (QED) is 0.607. The molecule has 1 aliphatic carbocycles. The predicted octanol–water partition coefficient (Wildman–Crippen LogP) is 2.05. The normalized spacial score (nSPS) is 27.4. The van der Waals surface area contributed by atoms with E-state index in [1.165, 1.54) is 19.3 Å². The van der Waals surface area contributed by atoms with Crippen molar-refractivity contribution in [3.8, 4) is 12.3 Å². The highest BCUT2D eigenvalue weighted by Crippen LogP contribution is 2.28. The minimum Gasteiger partial charge on any atom is -0.349 e. The van der Waals surface area contributed by atoms with Crippen molar-refractivity contribution in [1.29, 1.82) is 0 Å². The van der Waals surface area contributed by atoms with Crippen molar-refractivity contribution >= 4 is 5.91 Å². The summed E-state index contributed by atoms with van der Waals surface area (Å²) in [6.07, 6.45) is 12.4. The third kappa shape index (κ3) is 5.48. The van der Waals surface area contributed by atoms with E-state index in [4.69, 9.17) is 6.42 Å². The molecule has 3 nitrogen and oxygen atoms in total. The lowest BCUT2D eigenvalue weighted by Crippen LogP contribution is -2.45. The largest absolute Gasteiger partial charge is 0.349 e. The van der Waals surface area contributed by atoms with E-state index in [-0.39, 0.29) is 5.91 Å². The molecular weight excluding hydrogens is 236 g/mol. The maximum absolute atomic E-state index is 11.9. The van der Waals surface area contributed by atoms with Gasteiger partial charge in [-0.25, -0.2) is 0 Å². The highest BCUT2D eigenvalue weighted by Gasteiger charge is 2.28. The molecule has 0 aliphatic heterocycles. The zero-order valence-electron chi connectivity index (χ0n) is 12.4. The number of likely N-dealkylation sites (N-methyl/N-ethyl adjacent to an activating group) is 1. The first-order valence-electron chi connectivity index (χ1n) is 7.13. The van der Waals surface area contributed by atoms with Crippen molar-refractivity contribution in [3.63, 3.8) is 0 Å². The van der Waals surface area contributed by atoms with Crippen LogP contribution in [0, 0.1) is 24.2 Å². The zero-order valence-corrected chi connectivity index (χ0v) is 12.4. The third-order valence-electron chi connectivity index (χ3n) is 3.90. The van der Waals surface area contributed by atoms with E-state index in [1.54, 1.807) is 6.08 Å². The molecule has 0 radical (unpaired) electrons. The average molecular weight is 262 g/mol. The Kier molecular flexibility index (Phi) is 6.66. The number of carbonyl (C=O) groups excluding carboxylic acids is 1. The van der Waals surface area contributed by atoms with E-state index in [1.807, 2.05) is 18.0 Å². The van der Waals surface area contributed by atoms with E-state index in [2.05, 4.69) is 25.1 Å². The Hall–Kier alpha value is -1.27. The maximum atomic E-state index is 11.9. The number of hydrogen-bond acceptors (Lipinski definition) is 2. The van der Waals surface area contributed by atoms with Gasteiger partial charge < -0.3 is 5.32 Å². The van der Waals surface area contributed by atoms with E-state index >= 15 is 0 Å². The summed E-state index contributed by atoms with van der Waals surface area (Å²) >= 11 is 0. The van der Waals surface area contributed by atoms with Crippen molar-refractivity contribution in [2.24, 2.45) is 11.8 Å². The average Bonchev–Trinajstić information content (AvgIpc) is 2.34. The van der Waals surface area contributed by atoms with E-state index < -0.39 is 0 Å². The van der Waals surface area contributed by atoms with Gasteiger partial charge in [0, 0.05) is 18.7 Å². The second-order valence-electron chi connectivity index (χ2n) is 5.72. The van der Waals surface area contributed by atoms with Crippen LogP contribution in [0.1, 0.15) is 33.1 Å². The SMILES string of the molecule is C#CCN(C)C/C=C/C(=O)NC1C(C)CCCC1C. The van der Waals surface area contributed by atoms with Gasteiger partial charge in [0.2, 0.25) is 5.91 Å². The summed E-state index contributed by atoms with van der Waals surface area (Å²) in [5.74, 6) is 3.74. The van der Waals surface area contributed by atoms with Gasteiger partial charge in [0.05, 0.1) is 6.54 Å². The monoisotopic (exact) mass is 262 g/mol. The summed E-state index contributed by atoms with van der Waals surface area (Å²) < 4.78 is 0. The summed E-state index contributed by atoms with van der Waals surface area (Å²) in [6, 6.07) is 0.314. The van der Waals surface area contributed by atoms with Crippen LogP contribution in [0.15, 0.2) is 12.2 Å². The molecule has 1 fully saturated rings. The molecule has 0 heterocycles. The lowest BCUT2D eigenvalue weighted by molar-refractivity contribution is -0.118. The molecule has 0 aromatic carbocycles. The molecule has 1 N–H and O–H groups in total. The molecule has 2 atom stereocenters. The van der Waals surface area contributed by atoms with Gasteiger partial charge in [0.15, 0.2) is 0 Å². The van der Waals surface area contributed by atoms with Crippen LogP contribution >= 0.6 is 0 Å². The van der Waals surface area contributed by atoms with Gasteiger partial charge in [0.1, 0.15) is 0 Å². The number of hydrogen-bond donors (Lipinski definition) is 1. The predicted molar refractivity (Wildman–Crippen MR) is 79.6 cm³/mol. The Morgan fingerprint density at radius 2 is 2.05 bits per heavy atom. The van der Waals surface area contributed by atoms with Crippen molar-refractivity contribution in [3.05, 3.63) is 12.2 Å². The summed E-state index contributed by atoms with van der Waals surface area (Å²) in [6.45, 7) is 5.76. The number of terminal acetylenes is 1. The summed E-state index contributed by atoms with van der Waals surface area (Å²) in [5.41, 5.74) is 0. The summed E-state index contributed by atoms with van der Waals surface area (Å²) in [5, 5.41) is 3.14. The Morgan fingerprint density at radius 1 is 1.42 bits per heavy atom. The van der Waals surface area contributed by atoms with Crippen LogP contribution in [0.25, 0.3) is 0 Å². The maximum Gasteiger partial charge on any atom is 0.243 e. The fraction of sp³-hybridized carbons (Fsp3) is 0.688. The van der Waals surface area contributed by atoms with Crippen LogP contribution in [0.3, 0.4) is 0 Å². The second-order valence-corrected chi connectivity index (χ2v) is 5.72. The lowest BCUT2D eigenvalue weighted by atomic mass is 9.79. The van der Waals surface area contributed by atoms with Crippen LogP contribution in [-0.4, -0.2) is 37.0 Å². The summed E-state index contributed by atoms with van der Waals surface area (Å²) in [7, 11) is 1.94. The van der Waals surface area contributed by atoms with Gasteiger partial charge in [-0.05, 0) is 31.7 Å². The molecule has 1 rings (SSSR count). The van der Waals surface area contributed by atoms with Crippen LogP contribution in [0.5, 0.6) is 0 Å². The first-order valence-corrected chi connectivity index (χ1v) is 7.13. The standard InChI is InChI=1S/C16H26N2O/c1-5-11-18(4)12-7-10-15(19)17-16-13(2)8-6-9-14(16)3/h1,7,10,13-14,16H,6,8-9,11-12H2,2-4H3,(H,17,19)/b10-7+. The molecule has 1 aliphatic rings. The number of amides is 1. The number of nitrogens with one attached hydrogen (secondary N) is 1. The Balaban J connectivity index is 2.38. The Labute approximate surface area is 117 Å². The van der Waals surface area contributed by atoms with E-state index in [0.717, 1.165) is 0 Å². The summed E-state index contributed by atoms with van der Waals surface area (Å²) in [4.78, 5) is 13.9. The van der Waals surface area contributed by atoms with Gasteiger partial charge >= 0.3 is 0 Å². The molecule has 0 spiro atoms. The lowest BCUT2D eigenvalue weighted by Gasteiger charge is -2.34. The van der Waals surface area contributed by atoms with Crippen LogP contribution in [0.2, 0.25) is 0 Å². The highest BCUT2D eigenvalue weighted by atomic mass is 16.1. The molecule has 0 saturated heterocycles. The van der Waals surface area contributed by atoms with E-state index in [0.29, 0.717) is 31.0 Å². The third-order valence-corrected chi connectivity index (χ3v) is 3.90. The molecule has 3 heteroatoms. The fourth-order valence-electron chi connectivity index (χ4n) is 2.74. The van der Waals surface area contributed by atoms with Crippen molar-refractivity contribution < 1.29 is 4.79 Å². The number of carbonyl (C=O) groups is 1. The smallest absolute Gasteiger partial charge is 0.243 e. The first-order chi connectivity index (χ1) is 9.04. The molecule has 0 aromatic rings. The minimum atomic E-state index is 0.0136. The van der Waals surface area contributed by atoms with Gasteiger partial charge in [-0.1, -0.05) is 32.3 Å². The van der Waals surface area contributed by atoms with Crippen LogP contribution in [0.4, 0.5) is 0 Å². The first kappa shape index (κ1) is 15.8. The molecule has 19 heavy (non-hydrogen) atoms. The number of rotatable bonds is 5. The highest BCUT2D eigenvalue weighted by molar-refractivity contribution is 5.87. The van der Waals surface area contributed by atoms with E-state index in [9.17, 15) is 4.79 Å². The number of nitrogens with zero attached hydrogens (tertiary/aromatic N) is 1. The molecule has 1 saturated carbocycles. The molecule has 106 valence electrons. The Bertz CT molecular complexity index is 346.